The lowest BCUT2D eigenvalue weighted by Crippen LogP contribution is -2.05. The standard InChI is InChI=1S/C12H10F3N3O3/c1-20-9(19)8-4-2-7(3-5-8)6-16-11-18-17-10(21-11)12(13,14)15/h2-5H,6H2,1H3,(H,16,18). The molecule has 6 nitrogen and oxygen atoms in total. The molecule has 9 heteroatoms. The fraction of sp³-hybridized carbons (Fsp3) is 0.250. The second kappa shape index (κ2) is 5.81. The lowest BCUT2D eigenvalue weighted by atomic mass is 10.1. The average molecular weight is 301 g/mol. The molecule has 0 radical (unpaired) electrons. The Bertz CT molecular complexity index is 623. The Balaban J connectivity index is 1.97. The van der Waals surface area contributed by atoms with E-state index in [1.807, 2.05) is 0 Å². The molecule has 0 fully saturated rings. The summed E-state index contributed by atoms with van der Waals surface area (Å²) in [6, 6.07) is 6.00. The summed E-state index contributed by atoms with van der Waals surface area (Å²) in [5.74, 6) is -1.88. The monoisotopic (exact) mass is 301 g/mol. The van der Waals surface area contributed by atoms with Crippen LogP contribution < -0.4 is 5.32 Å². The fourth-order valence-electron chi connectivity index (χ4n) is 1.46. The van der Waals surface area contributed by atoms with E-state index in [-0.39, 0.29) is 12.6 Å². The lowest BCUT2D eigenvalue weighted by Gasteiger charge is -2.03. The number of carbonyl (C=O) groups is 1. The summed E-state index contributed by atoms with van der Waals surface area (Å²) in [4.78, 5) is 11.2. The highest BCUT2D eigenvalue weighted by Gasteiger charge is 2.38. The molecule has 1 aromatic carbocycles. The molecule has 2 aromatic rings. The van der Waals surface area contributed by atoms with Crippen LogP contribution in [-0.2, 0) is 17.5 Å². The number of nitrogens with one attached hydrogen (secondary N) is 1. The van der Waals surface area contributed by atoms with Crippen LogP contribution >= 0.6 is 0 Å². The molecular weight excluding hydrogens is 291 g/mol. The summed E-state index contributed by atoms with van der Waals surface area (Å²) in [7, 11) is 1.27. The van der Waals surface area contributed by atoms with Crippen molar-refractivity contribution in [3.63, 3.8) is 0 Å². The predicted molar refractivity (Wildman–Crippen MR) is 64.4 cm³/mol. The number of hydrogen-bond donors (Lipinski definition) is 1. The highest BCUT2D eigenvalue weighted by Crippen LogP contribution is 2.28. The van der Waals surface area contributed by atoms with Crippen molar-refractivity contribution in [1.82, 2.24) is 10.2 Å². The smallest absolute Gasteiger partial charge is 0.465 e. The first-order chi connectivity index (χ1) is 9.90. The van der Waals surface area contributed by atoms with E-state index in [9.17, 15) is 18.0 Å². The van der Waals surface area contributed by atoms with E-state index in [2.05, 4.69) is 24.7 Å². The maximum atomic E-state index is 12.3. The normalized spacial score (nSPS) is 11.2. The predicted octanol–water partition coefficient (Wildman–Crippen LogP) is 2.49. The van der Waals surface area contributed by atoms with Crippen molar-refractivity contribution in [2.75, 3.05) is 12.4 Å². The van der Waals surface area contributed by atoms with Crippen LogP contribution in [0.25, 0.3) is 0 Å². The van der Waals surface area contributed by atoms with Gasteiger partial charge in [0.05, 0.1) is 12.7 Å². The topological polar surface area (TPSA) is 77.2 Å². The van der Waals surface area contributed by atoms with E-state index in [0.717, 1.165) is 5.56 Å². The number of esters is 1. The number of carbonyl (C=O) groups excluding carboxylic acids is 1. The summed E-state index contributed by atoms with van der Waals surface area (Å²) in [5.41, 5.74) is 1.09. The summed E-state index contributed by atoms with van der Waals surface area (Å²) < 4.78 is 45.7. The molecule has 1 heterocycles. The summed E-state index contributed by atoms with van der Waals surface area (Å²) in [5, 5.41) is 8.68. The van der Waals surface area contributed by atoms with Crippen LogP contribution in [-0.4, -0.2) is 23.3 Å². The Labute approximate surface area is 116 Å². The number of alkyl halides is 3. The molecule has 0 aliphatic heterocycles. The highest BCUT2D eigenvalue weighted by molar-refractivity contribution is 5.89. The molecule has 0 unspecified atom stereocenters. The second-order valence-electron chi connectivity index (χ2n) is 3.95. The Morgan fingerprint density at radius 2 is 1.95 bits per heavy atom. The van der Waals surface area contributed by atoms with E-state index in [4.69, 9.17) is 0 Å². The minimum Gasteiger partial charge on any atom is -0.465 e. The average Bonchev–Trinajstić information content (AvgIpc) is 2.94. The summed E-state index contributed by atoms with van der Waals surface area (Å²) >= 11 is 0. The van der Waals surface area contributed by atoms with Crippen LogP contribution in [0.5, 0.6) is 0 Å². The summed E-state index contributed by atoms with van der Waals surface area (Å²) in [6.07, 6.45) is -4.67. The van der Waals surface area contributed by atoms with Gasteiger partial charge in [0.2, 0.25) is 0 Å². The first kappa shape index (κ1) is 14.8. The lowest BCUT2D eigenvalue weighted by molar-refractivity contribution is -0.156. The fourth-order valence-corrected chi connectivity index (χ4v) is 1.46. The number of rotatable bonds is 4. The first-order valence-corrected chi connectivity index (χ1v) is 5.72. The van der Waals surface area contributed by atoms with Crippen LogP contribution in [0.2, 0.25) is 0 Å². The molecule has 0 spiro atoms. The van der Waals surface area contributed by atoms with Crippen LogP contribution in [0.4, 0.5) is 19.2 Å². The van der Waals surface area contributed by atoms with Crippen molar-refractivity contribution >= 4 is 12.0 Å². The third-order valence-electron chi connectivity index (χ3n) is 2.49. The quantitative estimate of drug-likeness (QED) is 0.874. The van der Waals surface area contributed by atoms with Gasteiger partial charge in [-0.1, -0.05) is 17.2 Å². The van der Waals surface area contributed by atoms with Gasteiger partial charge in [-0.15, -0.1) is 5.10 Å². The van der Waals surface area contributed by atoms with Gasteiger partial charge < -0.3 is 14.5 Å². The number of ether oxygens (including phenoxy) is 1. The van der Waals surface area contributed by atoms with Gasteiger partial charge in [-0.2, -0.15) is 13.2 Å². The van der Waals surface area contributed by atoms with E-state index in [0.29, 0.717) is 5.56 Å². The summed E-state index contributed by atoms with van der Waals surface area (Å²) in [6.45, 7) is 0.168. The number of anilines is 1. The molecule has 0 saturated heterocycles. The van der Waals surface area contributed by atoms with Crippen molar-refractivity contribution in [3.05, 3.63) is 41.3 Å². The molecule has 0 amide bonds. The highest BCUT2D eigenvalue weighted by atomic mass is 19.4. The van der Waals surface area contributed by atoms with Crippen molar-refractivity contribution in [3.8, 4) is 0 Å². The van der Waals surface area contributed by atoms with Gasteiger partial charge >= 0.3 is 24.1 Å². The Kier molecular flexibility index (Phi) is 4.10. The van der Waals surface area contributed by atoms with Gasteiger partial charge in [-0.3, -0.25) is 0 Å². The zero-order chi connectivity index (χ0) is 15.5. The molecular formula is C12H10F3N3O3. The van der Waals surface area contributed by atoms with Gasteiger partial charge in [-0.25, -0.2) is 4.79 Å². The van der Waals surface area contributed by atoms with Crippen molar-refractivity contribution in [2.24, 2.45) is 0 Å². The Hall–Kier alpha value is -2.58. The molecule has 2 rings (SSSR count). The zero-order valence-corrected chi connectivity index (χ0v) is 10.8. The molecule has 0 bridgehead atoms. The van der Waals surface area contributed by atoms with Crippen LogP contribution in [0.3, 0.4) is 0 Å². The first-order valence-electron chi connectivity index (χ1n) is 5.72. The maximum Gasteiger partial charge on any atom is 0.470 e. The van der Waals surface area contributed by atoms with E-state index >= 15 is 0 Å². The number of benzene rings is 1. The number of hydrogen-bond acceptors (Lipinski definition) is 6. The minimum atomic E-state index is -4.67. The molecule has 0 atom stereocenters. The van der Waals surface area contributed by atoms with E-state index in [1.54, 1.807) is 12.1 Å². The Morgan fingerprint density at radius 1 is 1.29 bits per heavy atom. The molecule has 0 aliphatic carbocycles. The molecule has 112 valence electrons. The van der Waals surface area contributed by atoms with Crippen LogP contribution in [0.15, 0.2) is 28.7 Å². The molecule has 1 aromatic heterocycles. The SMILES string of the molecule is COC(=O)c1ccc(CNc2nnc(C(F)(F)F)o2)cc1. The van der Waals surface area contributed by atoms with Gasteiger partial charge in [0, 0.05) is 6.54 Å². The third-order valence-corrected chi connectivity index (χ3v) is 2.49. The van der Waals surface area contributed by atoms with Crippen molar-refractivity contribution in [2.45, 2.75) is 12.7 Å². The van der Waals surface area contributed by atoms with Gasteiger partial charge in [-0.05, 0) is 17.7 Å². The number of aromatic nitrogens is 2. The number of halogens is 3. The maximum absolute atomic E-state index is 12.3. The molecule has 0 aliphatic rings. The number of nitrogens with zero attached hydrogens (tertiary/aromatic N) is 2. The van der Waals surface area contributed by atoms with Gasteiger partial charge in [0.15, 0.2) is 0 Å². The van der Waals surface area contributed by atoms with Crippen LogP contribution in [0, 0.1) is 0 Å². The van der Waals surface area contributed by atoms with E-state index < -0.39 is 18.0 Å². The third kappa shape index (κ3) is 3.71. The van der Waals surface area contributed by atoms with Crippen molar-refractivity contribution < 1.29 is 27.1 Å². The molecule has 1 N–H and O–H groups in total. The van der Waals surface area contributed by atoms with E-state index in [1.165, 1.54) is 19.2 Å². The molecule has 21 heavy (non-hydrogen) atoms. The van der Waals surface area contributed by atoms with Crippen LogP contribution in [0.1, 0.15) is 21.8 Å². The second-order valence-corrected chi connectivity index (χ2v) is 3.95. The van der Waals surface area contributed by atoms with Crippen molar-refractivity contribution in [1.29, 1.82) is 0 Å². The number of methoxy groups -OCH3 is 1. The van der Waals surface area contributed by atoms with Gasteiger partial charge in [0.25, 0.3) is 0 Å². The van der Waals surface area contributed by atoms with Gasteiger partial charge in [0.1, 0.15) is 0 Å². The molecule has 0 saturated carbocycles. The largest absolute Gasteiger partial charge is 0.470 e. The zero-order valence-electron chi connectivity index (χ0n) is 10.8. The minimum absolute atomic E-state index is 0.168. The Morgan fingerprint density at radius 3 is 2.48 bits per heavy atom.